The number of carbonyl (C=O) groups excluding carboxylic acids is 2. The van der Waals surface area contributed by atoms with Crippen LogP contribution in [-0.4, -0.2) is 53.5 Å². The van der Waals surface area contributed by atoms with E-state index in [-0.39, 0.29) is 23.0 Å². The highest BCUT2D eigenvalue weighted by atomic mass is 32.2. The van der Waals surface area contributed by atoms with Gasteiger partial charge in [-0.2, -0.15) is 0 Å². The molecule has 26 heavy (non-hydrogen) atoms. The van der Waals surface area contributed by atoms with Gasteiger partial charge in [-0.05, 0) is 38.3 Å². The minimum absolute atomic E-state index is 0.0543. The van der Waals surface area contributed by atoms with Crippen molar-refractivity contribution >= 4 is 38.1 Å². The van der Waals surface area contributed by atoms with Gasteiger partial charge in [-0.1, -0.05) is 17.7 Å². The molecule has 1 heterocycles. The van der Waals surface area contributed by atoms with Gasteiger partial charge in [0.25, 0.3) is 0 Å². The van der Waals surface area contributed by atoms with Crippen molar-refractivity contribution < 1.29 is 22.2 Å². The van der Waals surface area contributed by atoms with Gasteiger partial charge in [0.05, 0.1) is 11.5 Å². The number of sulfone groups is 1. The summed E-state index contributed by atoms with van der Waals surface area (Å²) in [5.41, 5.74) is 3.62. The van der Waals surface area contributed by atoms with Gasteiger partial charge < -0.3 is 10.6 Å². The van der Waals surface area contributed by atoms with Crippen LogP contribution in [0.4, 0.5) is 5.69 Å². The largest absolute Gasteiger partial charge is 0.352 e. The summed E-state index contributed by atoms with van der Waals surface area (Å²) in [6.07, 6.45) is 0.368. The second-order valence-corrected chi connectivity index (χ2v) is 10.4. The van der Waals surface area contributed by atoms with Crippen molar-refractivity contribution in [1.82, 2.24) is 5.32 Å². The predicted molar refractivity (Wildman–Crippen MR) is 102 cm³/mol. The van der Waals surface area contributed by atoms with Gasteiger partial charge in [-0.25, -0.2) is 8.42 Å². The molecule has 0 aromatic heterocycles. The van der Waals surface area contributed by atoms with Crippen LogP contribution in [-0.2, 0) is 30.2 Å². The Labute approximate surface area is 156 Å². The van der Waals surface area contributed by atoms with Crippen molar-refractivity contribution in [2.45, 2.75) is 33.2 Å². The summed E-state index contributed by atoms with van der Waals surface area (Å²) in [5.74, 6) is -1.56. The second kappa shape index (κ2) is 8.30. The van der Waals surface area contributed by atoms with E-state index >= 15 is 0 Å². The topological polar surface area (TPSA) is 109 Å². The lowest BCUT2D eigenvalue weighted by atomic mass is 10.1. The molecule has 2 atom stereocenters. The van der Waals surface area contributed by atoms with E-state index in [1.54, 1.807) is 0 Å². The number of hydrogen-bond acceptors (Lipinski definition) is 5. The summed E-state index contributed by atoms with van der Waals surface area (Å²) in [5, 5.41) is 5.32. The van der Waals surface area contributed by atoms with Crippen LogP contribution in [0.3, 0.4) is 0 Å². The standard InChI is InChI=1S/C17H24N2O5S2/c1-11-6-12(2)17(13(3)7-11)19-16(21)9-25(22)8-15(20)18-14-4-5-26(23,24)10-14/h6-7,14H,4-5,8-10H2,1-3H3,(H,18,20)(H,19,21)/t14-,25-/m0/s1. The molecule has 0 saturated carbocycles. The minimum atomic E-state index is -3.09. The number of benzene rings is 1. The van der Waals surface area contributed by atoms with Gasteiger partial charge in [-0.15, -0.1) is 0 Å². The number of hydrogen-bond donors (Lipinski definition) is 2. The van der Waals surface area contributed by atoms with Crippen LogP contribution in [0, 0.1) is 20.8 Å². The molecule has 1 saturated heterocycles. The van der Waals surface area contributed by atoms with E-state index in [1.807, 2.05) is 32.9 Å². The van der Waals surface area contributed by atoms with Gasteiger partial charge in [0.1, 0.15) is 11.5 Å². The van der Waals surface area contributed by atoms with Gasteiger partial charge in [0, 0.05) is 22.5 Å². The van der Waals surface area contributed by atoms with Gasteiger partial charge in [0.2, 0.25) is 11.8 Å². The van der Waals surface area contributed by atoms with Crippen LogP contribution in [0.2, 0.25) is 0 Å². The molecular formula is C17H24N2O5S2. The van der Waals surface area contributed by atoms with Gasteiger partial charge in [0.15, 0.2) is 9.84 Å². The van der Waals surface area contributed by atoms with Crippen molar-refractivity contribution in [3.8, 4) is 0 Å². The smallest absolute Gasteiger partial charge is 0.237 e. The first-order valence-corrected chi connectivity index (χ1v) is 11.6. The van der Waals surface area contributed by atoms with E-state index in [2.05, 4.69) is 10.6 Å². The molecule has 1 fully saturated rings. The number of rotatable bonds is 6. The summed E-state index contributed by atoms with van der Waals surface area (Å²) in [7, 11) is -4.75. The zero-order valence-corrected chi connectivity index (χ0v) is 16.8. The zero-order valence-electron chi connectivity index (χ0n) is 15.1. The molecule has 0 aliphatic carbocycles. The van der Waals surface area contributed by atoms with Crippen LogP contribution < -0.4 is 10.6 Å². The molecule has 2 amide bonds. The SMILES string of the molecule is Cc1cc(C)c(NC(=O)C[S@@](=O)CC(=O)N[C@H]2CCS(=O)(=O)C2)c(C)c1. The van der Waals surface area contributed by atoms with E-state index in [1.165, 1.54) is 0 Å². The Balaban J connectivity index is 1.84. The average Bonchev–Trinajstić information content (AvgIpc) is 2.81. The summed E-state index contributed by atoms with van der Waals surface area (Å²) in [4.78, 5) is 24.0. The lowest BCUT2D eigenvalue weighted by molar-refractivity contribution is -0.119. The monoisotopic (exact) mass is 400 g/mol. The van der Waals surface area contributed by atoms with Crippen molar-refractivity contribution in [1.29, 1.82) is 0 Å². The Kier molecular flexibility index (Phi) is 6.57. The van der Waals surface area contributed by atoms with Crippen molar-refractivity contribution in [3.05, 3.63) is 28.8 Å². The molecule has 9 heteroatoms. The molecule has 0 radical (unpaired) electrons. The van der Waals surface area contributed by atoms with Crippen LogP contribution in [0.5, 0.6) is 0 Å². The normalized spacial score (nSPS) is 19.7. The summed E-state index contributed by atoms with van der Waals surface area (Å²) in [6.45, 7) is 5.74. The Bertz CT molecular complexity index is 826. The number of carbonyl (C=O) groups is 2. The first-order valence-electron chi connectivity index (χ1n) is 8.28. The maximum atomic E-state index is 12.1. The first-order chi connectivity index (χ1) is 12.1. The molecule has 2 N–H and O–H groups in total. The van der Waals surface area contributed by atoms with Crippen LogP contribution >= 0.6 is 0 Å². The summed E-state index contributed by atoms with van der Waals surface area (Å²) >= 11 is 0. The lowest BCUT2D eigenvalue weighted by Gasteiger charge is -2.13. The molecule has 1 aliphatic heterocycles. The maximum absolute atomic E-state index is 12.1. The highest BCUT2D eigenvalue weighted by molar-refractivity contribution is 7.91. The first kappa shape index (κ1) is 20.6. The quantitative estimate of drug-likeness (QED) is 0.727. The van der Waals surface area contributed by atoms with E-state index in [0.717, 1.165) is 16.7 Å². The highest BCUT2D eigenvalue weighted by Gasteiger charge is 2.29. The van der Waals surface area contributed by atoms with Crippen LogP contribution in [0.15, 0.2) is 12.1 Å². The molecule has 0 bridgehead atoms. The van der Waals surface area contributed by atoms with Crippen molar-refractivity contribution in [2.24, 2.45) is 0 Å². The molecule has 7 nitrogen and oxygen atoms in total. The molecular weight excluding hydrogens is 376 g/mol. The fraction of sp³-hybridized carbons (Fsp3) is 0.529. The van der Waals surface area contributed by atoms with E-state index < -0.39 is 38.5 Å². The maximum Gasteiger partial charge on any atom is 0.237 e. The number of aryl methyl sites for hydroxylation is 3. The fourth-order valence-electron chi connectivity index (χ4n) is 3.07. The lowest BCUT2D eigenvalue weighted by Crippen LogP contribution is -2.39. The second-order valence-electron chi connectivity index (χ2n) is 6.72. The minimum Gasteiger partial charge on any atom is -0.352 e. The van der Waals surface area contributed by atoms with Crippen LogP contribution in [0.25, 0.3) is 0 Å². The average molecular weight is 401 g/mol. The molecule has 1 aromatic carbocycles. The Morgan fingerprint density at radius 3 is 2.23 bits per heavy atom. The fourth-order valence-corrected chi connectivity index (χ4v) is 5.59. The third-order valence-corrected chi connectivity index (χ3v) is 7.06. The molecule has 0 spiro atoms. The van der Waals surface area contributed by atoms with Crippen LogP contribution in [0.1, 0.15) is 23.1 Å². The number of nitrogens with one attached hydrogen (secondary N) is 2. The summed E-state index contributed by atoms with van der Waals surface area (Å²) in [6, 6.07) is 3.46. The number of anilines is 1. The molecule has 0 unspecified atom stereocenters. The van der Waals surface area contributed by atoms with E-state index in [0.29, 0.717) is 12.1 Å². The van der Waals surface area contributed by atoms with Gasteiger partial charge in [-0.3, -0.25) is 13.8 Å². The molecule has 2 rings (SSSR count). The van der Waals surface area contributed by atoms with Gasteiger partial charge >= 0.3 is 0 Å². The molecule has 1 aliphatic rings. The third kappa shape index (κ3) is 5.91. The third-order valence-electron chi connectivity index (χ3n) is 4.12. The molecule has 1 aromatic rings. The Hall–Kier alpha value is -1.74. The predicted octanol–water partition coefficient (Wildman–Crippen LogP) is 0.602. The molecule has 144 valence electrons. The van der Waals surface area contributed by atoms with E-state index in [9.17, 15) is 22.2 Å². The highest BCUT2D eigenvalue weighted by Crippen LogP contribution is 2.21. The van der Waals surface area contributed by atoms with Crippen molar-refractivity contribution in [3.63, 3.8) is 0 Å². The number of amides is 2. The van der Waals surface area contributed by atoms with Crippen molar-refractivity contribution in [2.75, 3.05) is 28.3 Å². The zero-order chi connectivity index (χ0) is 19.5. The summed E-state index contributed by atoms with van der Waals surface area (Å²) < 4.78 is 34.8. The van der Waals surface area contributed by atoms with E-state index in [4.69, 9.17) is 0 Å². The Morgan fingerprint density at radius 2 is 1.69 bits per heavy atom. The Morgan fingerprint density at radius 1 is 1.12 bits per heavy atom.